The molecule has 0 N–H and O–H groups in total. The first-order chi connectivity index (χ1) is 21.8. The highest BCUT2D eigenvalue weighted by Gasteiger charge is 2.37. The third kappa shape index (κ3) is 3.81. The SMILES string of the molecule is C1=c2c(c3ccccc3n2-c2cccc(-c3ccccc3)c2)=C2C(C1)c1ccccc1N2c1cccc(-c2ccccc2)c1. The number of aromatic nitrogens is 1. The molecule has 0 saturated heterocycles. The fourth-order valence-electron chi connectivity index (χ4n) is 7.36. The molecule has 0 saturated carbocycles. The number of nitrogens with zero attached hydrogens (tertiary/aromatic N) is 2. The van der Waals surface area contributed by atoms with Crippen molar-refractivity contribution in [3.63, 3.8) is 0 Å². The van der Waals surface area contributed by atoms with Gasteiger partial charge in [0.1, 0.15) is 0 Å². The molecule has 1 atom stereocenters. The van der Waals surface area contributed by atoms with E-state index in [4.69, 9.17) is 0 Å². The Labute approximate surface area is 257 Å². The zero-order valence-electron chi connectivity index (χ0n) is 24.3. The zero-order valence-corrected chi connectivity index (χ0v) is 24.3. The lowest BCUT2D eigenvalue weighted by Crippen LogP contribution is -2.37. The lowest BCUT2D eigenvalue weighted by molar-refractivity contribution is 0.895. The van der Waals surface area contributed by atoms with Crippen LogP contribution in [-0.2, 0) is 0 Å². The molecule has 1 aliphatic heterocycles. The van der Waals surface area contributed by atoms with Gasteiger partial charge in [0.2, 0.25) is 0 Å². The molecule has 6 aromatic carbocycles. The van der Waals surface area contributed by atoms with Gasteiger partial charge in [-0.25, -0.2) is 0 Å². The van der Waals surface area contributed by atoms with Gasteiger partial charge >= 0.3 is 0 Å². The average Bonchev–Trinajstić information content (AvgIpc) is 3.62. The zero-order chi connectivity index (χ0) is 29.0. The number of para-hydroxylation sites is 2. The van der Waals surface area contributed by atoms with Crippen LogP contribution >= 0.6 is 0 Å². The van der Waals surface area contributed by atoms with Crippen molar-refractivity contribution in [3.05, 3.63) is 174 Å². The molecular weight excluding hydrogens is 532 g/mol. The van der Waals surface area contributed by atoms with Gasteiger partial charge in [0, 0.05) is 39.3 Å². The second kappa shape index (κ2) is 10.00. The van der Waals surface area contributed by atoms with Crippen LogP contribution < -0.4 is 15.5 Å². The Morgan fingerprint density at radius 3 is 1.84 bits per heavy atom. The summed E-state index contributed by atoms with van der Waals surface area (Å²) in [5.41, 5.74) is 12.6. The number of benzene rings is 6. The summed E-state index contributed by atoms with van der Waals surface area (Å²) in [6.45, 7) is 0. The minimum absolute atomic E-state index is 0.300. The van der Waals surface area contributed by atoms with Gasteiger partial charge in [0.15, 0.2) is 0 Å². The van der Waals surface area contributed by atoms with Gasteiger partial charge in [0.25, 0.3) is 0 Å². The number of rotatable bonds is 4. The van der Waals surface area contributed by atoms with Gasteiger partial charge in [-0.1, -0.05) is 127 Å². The molecule has 9 rings (SSSR count). The molecule has 208 valence electrons. The summed E-state index contributed by atoms with van der Waals surface area (Å²) in [5, 5.41) is 3.91. The smallest absolute Gasteiger partial charge is 0.0541 e. The van der Waals surface area contributed by atoms with E-state index < -0.39 is 0 Å². The Morgan fingerprint density at radius 2 is 1.09 bits per heavy atom. The molecule has 2 heteroatoms. The van der Waals surface area contributed by atoms with Crippen molar-refractivity contribution in [2.45, 2.75) is 12.3 Å². The van der Waals surface area contributed by atoms with E-state index in [9.17, 15) is 0 Å². The summed E-state index contributed by atoms with van der Waals surface area (Å²) in [6.07, 6.45) is 3.43. The van der Waals surface area contributed by atoms with Crippen LogP contribution in [0.3, 0.4) is 0 Å². The normalized spacial score (nSPS) is 15.0. The van der Waals surface area contributed by atoms with Crippen molar-refractivity contribution >= 4 is 34.1 Å². The molecule has 0 fully saturated rings. The topological polar surface area (TPSA) is 8.17 Å². The van der Waals surface area contributed by atoms with Crippen LogP contribution in [0, 0.1) is 0 Å². The van der Waals surface area contributed by atoms with Crippen LogP contribution in [0.4, 0.5) is 11.4 Å². The highest BCUT2D eigenvalue weighted by molar-refractivity contribution is 5.97. The van der Waals surface area contributed by atoms with Crippen molar-refractivity contribution in [2.24, 2.45) is 0 Å². The molecule has 1 aliphatic carbocycles. The first-order valence-corrected chi connectivity index (χ1v) is 15.4. The van der Waals surface area contributed by atoms with E-state index in [0.29, 0.717) is 5.92 Å². The van der Waals surface area contributed by atoms with Crippen LogP contribution in [0.15, 0.2) is 158 Å². The van der Waals surface area contributed by atoms with E-state index >= 15 is 0 Å². The molecule has 1 aromatic heterocycles. The lowest BCUT2D eigenvalue weighted by atomic mass is 9.91. The predicted molar refractivity (Wildman–Crippen MR) is 184 cm³/mol. The molecule has 2 aliphatic rings. The molecule has 2 nitrogen and oxygen atoms in total. The minimum Gasteiger partial charge on any atom is -0.313 e. The molecular formula is C42H30N2. The van der Waals surface area contributed by atoms with Crippen LogP contribution in [0.2, 0.25) is 0 Å². The highest BCUT2D eigenvalue weighted by Crippen LogP contribution is 2.51. The fourth-order valence-corrected chi connectivity index (χ4v) is 7.36. The summed E-state index contributed by atoms with van der Waals surface area (Å²) < 4.78 is 2.47. The standard InChI is InChI=1S/C42H30N2/c1-3-13-29(14-4-1)31-17-11-19-33(27-31)43-39-24-10-8-22-37(39)41-40(43)26-25-36-35-21-7-9-23-38(35)44(42(36)41)34-20-12-18-32(28-34)30-15-5-2-6-16-30/h1-24,26-28,36H,25H2. The number of fused-ring (bicyclic) bond motifs is 6. The van der Waals surface area contributed by atoms with Crippen molar-refractivity contribution in [1.29, 1.82) is 0 Å². The molecule has 0 amide bonds. The Hall–Kier alpha value is -5.60. The Bertz CT molecular complexity index is 2310. The fraction of sp³-hybridized carbons (Fsp3) is 0.0476. The second-order valence-corrected chi connectivity index (χ2v) is 11.7. The summed E-state index contributed by atoms with van der Waals surface area (Å²) in [7, 11) is 0. The first-order valence-electron chi connectivity index (χ1n) is 15.4. The summed E-state index contributed by atoms with van der Waals surface area (Å²) in [5.74, 6) is 0.300. The second-order valence-electron chi connectivity index (χ2n) is 11.7. The van der Waals surface area contributed by atoms with Crippen LogP contribution in [-0.4, -0.2) is 4.57 Å². The van der Waals surface area contributed by atoms with Gasteiger partial charge in [-0.05, 0) is 70.6 Å². The monoisotopic (exact) mass is 562 g/mol. The average molecular weight is 563 g/mol. The Morgan fingerprint density at radius 1 is 0.500 bits per heavy atom. The Kier molecular flexibility index (Phi) is 5.67. The molecule has 0 radical (unpaired) electrons. The van der Waals surface area contributed by atoms with E-state index in [-0.39, 0.29) is 0 Å². The minimum atomic E-state index is 0.300. The molecule has 0 bridgehead atoms. The quantitative estimate of drug-likeness (QED) is 0.208. The van der Waals surface area contributed by atoms with Crippen LogP contribution in [0.25, 0.3) is 50.6 Å². The first kappa shape index (κ1) is 24.9. The number of hydrogen-bond donors (Lipinski definition) is 0. The third-order valence-corrected chi connectivity index (χ3v) is 9.26. The van der Waals surface area contributed by atoms with E-state index in [2.05, 4.69) is 173 Å². The molecule has 44 heavy (non-hydrogen) atoms. The predicted octanol–water partition coefficient (Wildman–Crippen LogP) is 9.19. The van der Waals surface area contributed by atoms with Gasteiger partial charge < -0.3 is 9.47 Å². The van der Waals surface area contributed by atoms with Gasteiger partial charge in [-0.2, -0.15) is 0 Å². The number of hydrogen-bond acceptors (Lipinski definition) is 1. The summed E-state index contributed by atoms with van der Waals surface area (Å²) in [6, 6.07) is 57.2. The molecule has 1 unspecified atom stereocenters. The van der Waals surface area contributed by atoms with Gasteiger partial charge in [-0.15, -0.1) is 0 Å². The van der Waals surface area contributed by atoms with Crippen molar-refractivity contribution in [3.8, 4) is 27.9 Å². The van der Waals surface area contributed by atoms with Crippen LogP contribution in [0.1, 0.15) is 17.9 Å². The van der Waals surface area contributed by atoms with Gasteiger partial charge in [0.05, 0.1) is 10.9 Å². The maximum absolute atomic E-state index is 2.54. The van der Waals surface area contributed by atoms with Crippen molar-refractivity contribution < 1.29 is 0 Å². The van der Waals surface area contributed by atoms with E-state index in [1.807, 2.05) is 0 Å². The van der Waals surface area contributed by atoms with E-state index in [1.54, 1.807) is 0 Å². The largest absolute Gasteiger partial charge is 0.313 e. The Balaban J connectivity index is 1.33. The maximum atomic E-state index is 2.54. The summed E-state index contributed by atoms with van der Waals surface area (Å²) in [4.78, 5) is 2.54. The molecule has 2 heterocycles. The molecule has 0 spiro atoms. The van der Waals surface area contributed by atoms with Crippen molar-refractivity contribution in [2.75, 3.05) is 4.90 Å². The lowest BCUT2D eigenvalue weighted by Gasteiger charge is -2.25. The highest BCUT2D eigenvalue weighted by atomic mass is 15.2. The van der Waals surface area contributed by atoms with E-state index in [1.165, 1.54) is 72.0 Å². The number of anilines is 2. The third-order valence-electron chi connectivity index (χ3n) is 9.26. The van der Waals surface area contributed by atoms with Crippen molar-refractivity contribution in [1.82, 2.24) is 4.57 Å². The summed E-state index contributed by atoms with van der Waals surface area (Å²) >= 11 is 0. The van der Waals surface area contributed by atoms with Gasteiger partial charge in [-0.3, -0.25) is 0 Å². The maximum Gasteiger partial charge on any atom is 0.0541 e. The van der Waals surface area contributed by atoms with E-state index in [0.717, 1.165) is 6.42 Å². The van der Waals surface area contributed by atoms with Crippen LogP contribution in [0.5, 0.6) is 0 Å². The molecule has 7 aromatic rings.